The van der Waals surface area contributed by atoms with E-state index in [2.05, 4.69) is 5.32 Å². The highest BCUT2D eigenvalue weighted by Gasteiger charge is 2.00. The zero-order valence-corrected chi connectivity index (χ0v) is 9.98. The summed E-state index contributed by atoms with van der Waals surface area (Å²) < 4.78 is 21.5. The van der Waals surface area contributed by atoms with Gasteiger partial charge in [0, 0.05) is 12.7 Å². The lowest BCUT2D eigenvalue weighted by Crippen LogP contribution is -2.20. The second-order valence-corrected chi connectivity index (χ2v) is 5.92. The van der Waals surface area contributed by atoms with Gasteiger partial charge in [-0.15, -0.1) is 0 Å². The van der Waals surface area contributed by atoms with E-state index in [1.54, 1.807) is 0 Å². The minimum Gasteiger partial charge on any atom is -0.370 e. The molecule has 0 saturated heterocycles. The Morgan fingerprint density at radius 1 is 1.20 bits per heavy atom. The molecule has 6 heteroatoms. The number of carbonyl (C=O) groups excluding carboxylic acids is 1. The third-order valence-corrected chi connectivity index (χ3v) is 2.93. The van der Waals surface area contributed by atoms with Gasteiger partial charge in [0.25, 0.3) is 0 Å². The van der Waals surface area contributed by atoms with Crippen molar-refractivity contribution in [3.63, 3.8) is 0 Å². The summed E-state index contributed by atoms with van der Waals surface area (Å²) in [5.74, 6) is -0.0477. The smallest absolute Gasteiger partial charge is 0.217 e. The lowest BCUT2D eigenvalue weighted by molar-refractivity contribution is -0.118. The first-order chi connectivity index (χ1) is 6.92. The molecular formula is C9H20N2O3S. The Kier molecular flexibility index (Phi) is 7.33. The zero-order chi connectivity index (χ0) is 11.7. The number of amides is 1. The quantitative estimate of drug-likeness (QED) is 0.536. The van der Waals surface area contributed by atoms with Gasteiger partial charge in [-0.3, -0.25) is 4.79 Å². The largest absolute Gasteiger partial charge is 0.370 e. The molecule has 0 bridgehead atoms. The van der Waals surface area contributed by atoms with Gasteiger partial charge in [0.2, 0.25) is 5.91 Å². The minimum atomic E-state index is -2.83. The second-order valence-electron chi connectivity index (χ2n) is 3.66. The number of hydrogen-bond acceptors (Lipinski definition) is 4. The Morgan fingerprint density at radius 3 is 2.33 bits per heavy atom. The number of primary amides is 1. The lowest BCUT2D eigenvalue weighted by atomic mass is 10.2. The molecule has 0 unspecified atom stereocenters. The number of nitrogens with one attached hydrogen (secondary N) is 1. The zero-order valence-electron chi connectivity index (χ0n) is 9.16. The van der Waals surface area contributed by atoms with Gasteiger partial charge >= 0.3 is 0 Å². The molecule has 90 valence electrons. The fourth-order valence-corrected chi connectivity index (χ4v) is 1.80. The van der Waals surface area contributed by atoms with Gasteiger partial charge in [-0.1, -0.05) is 0 Å². The molecule has 0 radical (unpaired) electrons. The first-order valence-electron chi connectivity index (χ1n) is 5.08. The SMILES string of the molecule is CS(=O)(=O)CCCNCCCCC(N)=O. The van der Waals surface area contributed by atoms with Crippen molar-refractivity contribution in [1.29, 1.82) is 0 Å². The van der Waals surface area contributed by atoms with E-state index in [1.165, 1.54) is 6.26 Å². The third-order valence-electron chi connectivity index (χ3n) is 1.90. The molecule has 0 spiro atoms. The highest BCUT2D eigenvalue weighted by Crippen LogP contribution is 1.92. The molecule has 0 aromatic rings. The Morgan fingerprint density at radius 2 is 1.80 bits per heavy atom. The minimum absolute atomic E-state index is 0.223. The Balaban J connectivity index is 3.16. The van der Waals surface area contributed by atoms with Crippen molar-refractivity contribution in [2.45, 2.75) is 25.7 Å². The average Bonchev–Trinajstić information content (AvgIpc) is 2.07. The summed E-state index contributed by atoms with van der Waals surface area (Å²) in [7, 11) is -2.83. The first-order valence-corrected chi connectivity index (χ1v) is 7.14. The van der Waals surface area contributed by atoms with Gasteiger partial charge in [-0.25, -0.2) is 8.42 Å². The number of carbonyl (C=O) groups is 1. The highest BCUT2D eigenvalue weighted by molar-refractivity contribution is 7.90. The molecule has 3 N–H and O–H groups in total. The number of unbranched alkanes of at least 4 members (excludes halogenated alkanes) is 1. The van der Waals surface area contributed by atoms with Crippen LogP contribution in [0.4, 0.5) is 0 Å². The molecule has 0 aromatic heterocycles. The number of nitrogens with two attached hydrogens (primary N) is 1. The first kappa shape index (κ1) is 14.4. The van der Waals surface area contributed by atoms with Crippen molar-refractivity contribution in [2.75, 3.05) is 25.1 Å². The number of sulfone groups is 1. The fraction of sp³-hybridized carbons (Fsp3) is 0.889. The Hall–Kier alpha value is -0.620. The Labute approximate surface area is 91.3 Å². The lowest BCUT2D eigenvalue weighted by Gasteiger charge is -2.03. The van der Waals surface area contributed by atoms with Crippen LogP contribution in [0.3, 0.4) is 0 Å². The molecule has 0 aliphatic heterocycles. The van der Waals surface area contributed by atoms with Crippen LogP contribution >= 0.6 is 0 Å². The van der Waals surface area contributed by atoms with E-state index in [-0.39, 0.29) is 11.7 Å². The van der Waals surface area contributed by atoms with Gasteiger partial charge in [0.15, 0.2) is 0 Å². The third kappa shape index (κ3) is 13.4. The van der Waals surface area contributed by atoms with Crippen LogP contribution in [0.25, 0.3) is 0 Å². The molecule has 0 fully saturated rings. The highest BCUT2D eigenvalue weighted by atomic mass is 32.2. The van der Waals surface area contributed by atoms with Gasteiger partial charge in [-0.05, 0) is 32.4 Å². The van der Waals surface area contributed by atoms with Crippen LogP contribution in [0, 0.1) is 0 Å². The van der Waals surface area contributed by atoms with E-state index >= 15 is 0 Å². The van der Waals surface area contributed by atoms with E-state index in [4.69, 9.17) is 5.73 Å². The number of hydrogen-bond donors (Lipinski definition) is 2. The van der Waals surface area contributed by atoms with Crippen LogP contribution < -0.4 is 11.1 Å². The summed E-state index contributed by atoms with van der Waals surface area (Å²) in [6.45, 7) is 1.50. The van der Waals surface area contributed by atoms with Gasteiger partial charge in [-0.2, -0.15) is 0 Å². The van der Waals surface area contributed by atoms with Crippen molar-refractivity contribution in [3.8, 4) is 0 Å². The normalized spacial score (nSPS) is 11.5. The number of rotatable bonds is 9. The van der Waals surface area contributed by atoms with Crippen LogP contribution in [-0.4, -0.2) is 39.4 Å². The van der Waals surface area contributed by atoms with Crippen LogP contribution in [-0.2, 0) is 14.6 Å². The molecule has 0 saturated carbocycles. The topological polar surface area (TPSA) is 89.3 Å². The molecule has 0 aromatic carbocycles. The van der Waals surface area contributed by atoms with Crippen molar-refractivity contribution < 1.29 is 13.2 Å². The molecular weight excluding hydrogens is 216 g/mol. The monoisotopic (exact) mass is 236 g/mol. The van der Waals surface area contributed by atoms with Gasteiger partial charge in [0.1, 0.15) is 9.84 Å². The maximum atomic E-state index is 10.8. The van der Waals surface area contributed by atoms with Crippen LogP contribution in [0.2, 0.25) is 0 Å². The van der Waals surface area contributed by atoms with Gasteiger partial charge in [0.05, 0.1) is 5.75 Å². The summed E-state index contributed by atoms with van der Waals surface area (Å²) >= 11 is 0. The summed E-state index contributed by atoms with van der Waals surface area (Å²) in [6.07, 6.45) is 3.97. The van der Waals surface area contributed by atoms with E-state index in [0.29, 0.717) is 19.4 Å². The van der Waals surface area contributed by atoms with Crippen LogP contribution in [0.5, 0.6) is 0 Å². The van der Waals surface area contributed by atoms with E-state index < -0.39 is 9.84 Å². The van der Waals surface area contributed by atoms with Gasteiger partial charge < -0.3 is 11.1 Å². The molecule has 15 heavy (non-hydrogen) atoms. The summed E-state index contributed by atoms with van der Waals surface area (Å²) in [6, 6.07) is 0. The molecule has 5 nitrogen and oxygen atoms in total. The molecule has 0 heterocycles. The maximum absolute atomic E-state index is 10.8. The van der Waals surface area contributed by atoms with Crippen molar-refractivity contribution in [2.24, 2.45) is 5.73 Å². The maximum Gasteiger partial charge on any atom is 0.217 e. The summed E-state index contributed by atoms with van der Waals surface area (Å²) in [4.78, 5) is 10.4. The fourth-order valence-electron chi connectivity index (χ4n) is 1.13. The predicted octanol–water partition coefficient (Wildman–Crippen LogP) is -0.334. The molecule has 1 amide bonds. The van der Waals surface area contributed by atoms with Crippen LogP contribution in [0.1, 0.15) is 25.7 Å². The molecule has 0 aliphatic rings. The van der Waals surface area contributed by atoms with Crippen molar-refractivity contribution in [1.82, 2.24) is 5.32 Å². The predicted molar refractivity (Wildman–Crippen MR) is 60.2 cm³/mol. The average molecular weight is 236 g/mol. The summed E-state index contributed by atoms with van der Waals surface area (Å²) in [5, 5.41) is 3.12. The van der Waals surface area contributed by atoms with Crippen molar-refractivity contribution >= 4 is 15.7 Å². The van der Waals surface area contributed by atoms with Crippen molar-refractivity contribution in [3.05, 3.63) is 0 Å². The second kappa shape index (κ2) is 7.64. The van der Waals surface area contributed by atoms with Crippen LogP contribution in [0.15, 0.2) is 0 Å². The van der Waals surface area contributed by atoms with E-state index in [9.17, 15) is 13.2 Å². The summed E-state index contributed by atoms with van der Waals surface area (Å²) in [5.41, 5.74) is 4.98. The molecule has 0 rings (SSSR count). The Bertz CT molecular complexity index is 275. The van der Waals surface area contributed by atoms with E-state index in [1.807, 2.05) is 0 Å². The van der Waals surface area contributed by atoms with E-state index in [0.717, 1.165) is 19.4 Å². The molecule has 0 aliphatic carbocycles. The molecule has 0 atom stereocenters. The standard InChI is InChI=1S/C9H20N2O3S/c1-15(13,14)8-4-7-11-6-3-2-5-9(10)12/h11H,2-8H2,1H3,(H2,10,12).